The Morgan fingerprint density at radius 2 is 2.18 bits per heavy atom. The van der Waals surface area contributed by atoms with Crippen LogP contribution in [0.25, 0.3) is 0 Å². The quantitative estimate of drug-likeness (QED) is 0.896. The van der Waals surface area contributed by atoms with Crippen LogP contribution in [0.5, 0.6) is 0 Å². The molecule has 0 bridgehead atoms. The minimum absolute atomic E-state index is 0.165. The Balaban J connectivity index is 2.01. The number of sulfone groups is 1. The van der Waals surface area contributed by atoms with Gasteiger partial charge in [-0.1, -0.05) is 15.9 Å². The molecule has 0 aromatic heterocycles. The second-order valence-corrected chi connectivity index (χ2v) is 7.51. The fourth-order valence-electron chi connectivity index (χ4n) is 1.82. The summed E-state index contributed by atoms with van der Waals surface area (Å²) in [6.45, 7) is 0.749. The molecule has 2 rings (SSSR count). The van der Waals surface area contributed by atoms with Gasteiger partial charge in [0.05, 0.1) is 17.1 Å². The van der Waals surface area contributed by atoms with Gasteiger partial charge in [-0.25, -0.2) is 8.42 Å². The zero-order valence-electron chi connectivity index (χ0n) is 9.53. The Labute approximate surface area is 110 Å². The molecule has 0 saturated heterocycles. The van der Waals surface area contributed by atoms with Crippen molar-refractivity contribution in [2.45, 2.75) is 12.5 Å². The second-order valence-electron chi connectivity index (χ2n) is 4.33. The molecular weight excluding hydrogens is 304 g/mol. The van der Waals surface area contributed by atoms with E-state index in [1.54, 1.807) is 0 Å². The van der Waals surface area contributed by atoms with E-state index in [9.17, 15) is 8.42 Å². The van der Waals surface area contributed by atoms with Crippen LogP contribution in [-0.2, 0) is 9.84 Å². The van der Waals surface area contributed by atoms with E-state index in [4.69, 9.17) is 0 Å². The van der Waals surface area contributed by atoms with Gasteiger partial charge < -0.3 is 10.6 Å². The molecule has 1 aromatic carbocycles. The minimum Gasteiger partial charge on any atom is -0.381 e. The fourth-order valence-corrected chi connectivity index (χ4v) is 2.90. The average Bonchev–Trinajstić information content (AvgIpc) is 2.25. The van der Waals surface area contributed by atoms with Crippen LogP contribution < -0.4 is 10.6 Å². The van der Waals surface area contributed by atoms with Crippen LogP contribution in [0.15, 0.2) is 22.7 Å². The smallest absolute Gasteiger partial charge is 0.147 e. The number of fused-ring (bicyclic) bond motifs is 1. The average molecular weight is 319 g/mol. The molecule has 0 radical (unpaired) electrons. The molecule has 0 amide bonds. The Hall–Kier alpha value is -0.750. The van der Waals surface area contributed by atoms with Gasteiger partial charge in [-0.3, -0.25) is 0 Å². The highest BCUT2D eigenvalue weighted by molar-refractivity contribution is 9.10. The van der Waals surface area contributed by atoms with Gasteiger partial charge in [-0.2, -0.15) is 0 Å². The molecule has 17 heavy (non-hydrogen) atoms. The summed E-state index contributed by atoms with van der Waals surface area (Å²) in [5, 5.41) is 6.65. The monoisotopic (exact) mass is 318 g/mol. The lowest BCUT2D eigenvalue weighted by molar-refractivity contribution is 0.594. The van der Waals surface area contributed by atoms with E-state index in [2.05, 4.69) is 26.6 Å². The third-order valence-electron chi connectivity index (χ3n) is 2.72. The maximum Gasteiger partial charge on any atom is 0.147 e. The Kier molecular flexibility index (Phi) is 3.63. The molecule has 1 heterocycles. The van der Waals surface area contributed by atoms with E-state index in [-0.39, 0.29) is 11.8 Å². The van der Waals surface area contributed by atoms with Crippen molar-refractivity contribution >= 4 is 37.1 Å². The van der Waals surface area contributed by atoms with E-state index >= 15 is 0 Å². The predicted octanol–water partition coefficient (Wildman–Crippen LogP) is 2.09. The molecule has 1 aromatic rings. The molecule has 0 aliphatic carbocycles. The van der Waals surface area contributed by atoms with Crippen molar-refractivity contribution in [2.75, 3.05) is 29.2 Å². The largest absolute Gasteiger partial charge is 0.381 e. The predicted molar refractivity (Wildman–Crippen MR) is 74.4 cm³/mol. The SMILES string of the molecule is CS(=O)(=O)CCC1CNc2cc(Br)ccc2N1. The highest BCUT2D eigenvalue weighted by atomic mass is 79.9. The van der Waals surface area contributed by atoms with Gasteiger partial charge in [-0.05, 0) is 24.6 Å². The number of hydrogen-bond donors (Lipinski definition) is 2. The number of benzene rings is 1. The standard InChI is InChI=1S/C11H15BrN2O2S/c1-17(15,16)5-4-9-7-13-11-6-8(12)2-3-10(11)14-9/h2-3,6,9,13-14H,4-5,7H2,1H3. The van der Waals surface area contributed by atoms with Gasteiger partial charge in [-0.15, -0.1) is 0 Å². The first-order valence-corrected chi connectivity index (χ1v) is 8.27. The van der Waals surface area contributed by atoms with Gasteiger partial charge in [0.1, 0.15) is 9.84 Å². The molecule has 0 fully saturated rings. The normalized spacial score (nSPS) is 19.1. The molecule has 4 nitrogen and oxygen atoms in total. The summed E-state index contributed by atoms with van der Waals surface area (Å²) in [5.74, 6) is 0.220. The molecule has 1 aliphatic heterocycles. The summed E-state index contributed by atoms with van der Waals surface area (Å²) in [6, 6.07) is 6.12. The third-order valence-corrected chi connectivity index (χ3v) is 4.19. The minimum atomic E-state index is -2.88. The summed E-state index contributed by atoms with van der Waals surface area (Å²) < 4.78 is 23.2. The number of rotatable bonds is 3. The van der Waals surface area contributed by atoms with Crippen LogP contribution in [0.2, 0.25) is 0 Å². The fraction of sp³-hybridized carbons (Fsp3) is 0.455. The number of hydrogen-bond acceptors (Lipinski definition) is 4. The molecule has 0 spiro atoms. The maximum absolute atomic E-state index is 11.1. The Morgan fingerprint density at radius 3 is 2.88 bits per heavy atom. The Bertz CT molecular complexity index is 516. The van der Waals surface area contributed by atoms with Crippen LogP contribution >= 0.6 is 15.9 Å². The van der Waals surface area contributed by atoms with E-state index in [1.807, 2.05) is 18.2 Å². The lowest BCUT2D eigenvalue weighted by Gasteiger charge is -2.28. The third kappa shape index (κ3) is 3.61. The van der Waals surface area contributed by atoms with Crippen molar-refractivity contribution in [1.82, 2.24) is 0 Å². The first kappa shape index (κ1) is 12.7. The molecule has 94 valence electrons. The van der Waals surface area contributed by atoms with Crippen molar-refractivity contribution in [3.05, 3.63) is 22.7 Å². The van der Waals surface area contributed by atoms with E-state index < -0.39 is 9.84 Å². The molecule has 6 heteroatoms. The Morgan fingerprint density at radius 1 is 1.41 bits per heavy atom. The first-order chi connectivity index (χ1) is 7.94. The van der Waals surface area contributed by atoms with Gasteiger partial charge in [0.25, 0.3) is 0 Å². The molecule has 2 N–H and O–H groups in total. The first-order valence-electron chi connectivity index (χ1n) is 5.42. The van der Waals surface area contributed by atoms with E-state index in [0.29, 0.717) is 6.42 Å². The zero-order chi connectivity index (χ0) is 12.5. The van der Waals surface area contributed by atoms with Gasteiger partial charge in [0, 0.05) is 23.3 Å². The maximum atomic E-state index is 11.1. The summed E-state index contributed by atoms with van der Waals surface area (Å²) in [4.78, 5) is 0. The lowest BCUT2D eigenvalue weighted by Crippen LogP contribution is -2.34. The van der Waals surface area contributed by atoms with E-state index in [0.717, 1.165) is 22.4 Å². The molecule has 0 saturated carbocycles. The van der Waals surface area contributed by atoms with Crippen molar-refractivity contribution in [3.63, 3.8) is 0 Å². The molecule has 1 aliphatic rings. The van der Waals surface area contributed by atoms with Crippen molar-refractivity contribution < 1.29 is 8.42 Å². The highest BCUT2D eigenvalue weighted by Crippen LogP contribution is 2.29. The summed E-state index contributed by atoms with van der Waals surface area (Å²) in [6.07, 6.45) is 1.90. The number of halogens is 1. The van der Waals surface area contributed by atoms with Gasteiger partial charge in [0.15, 0.2) is 0 Å². The summed E-state index contributed by atoms with van der Waals surface area (Å²) in [7, 11) is -2.88. The van der Waals surface area contributed by atoms with Crippen LogP contribution in [0.4, 0.5) is 11.4 Å². The van der Waals surface area contributed by atoms with Crippen molar-refractivity contribution in [3.8, 4) is 0 Å². The van der Waals surface area contributed by atoms with Crippen LogP contribution in [0.1, 0.15) is 6.42 Å². The zero-order valence-corrected chi connectivity index (χ0v) is 11.9. The van der Waals surface area contributed by atoms with Crippen LogP contribution in [-0.4, -0.2) is 33.0 Å². The number of anilines is 2. The second kappa shape index (κ2) is 4.86. The van der Waals surface area contributed by atoms with E-state index in [1.165, 1.54) is 6.26 Å². The highest BCUT2D eigenvalue weighted by Gasteiger charge is 2.18. The lowest BCUT2D eigenvalue weighted by atomic mass is 10.1. The summed E-state index contributed by atoms with van der Waals surface area (Å²) >= 11 is 3.42. The van der Waals surface area contributed by atoms with Crippen molar-refractivity contribution in [2.24, 2.45) is 0 Å². The molecule has 1 atom stereocenters. The topological polar surface area (TPSA) is 58.2 Å². The van der Waals surface area contributed by atoms with Gasteiger partial charge >= 0.3 is 0 Å². The number of nitrogens with one attached hydrogen (secondary N) is 2. The van der Waals surface area contributed by atoms with Crippen LogP contribution in [0.3, 0.4) is 0 Å². The van der Waals surface area contributed by atoms with Crippen LogP contribution in [0, 0.1) is 0 Å². The molecule has 1 unspecified atom stereocenters. The van der Waals surface area contributed by atoms with Gasteiger partial charge in [0.2, 0.25) is 0 Å². The molecular formula is C11H15BrN2O2S. The van der Waals surface area contributed by atoms with Crippen molar-refractivity contribution in [1.29, 1.82) is 0 Å². The summed E-state index contributed by atoms with van der Waals surface area (Å²) in [5.41, 5.74) is 2.08.